The van der Waals surface area contributed by atoms with E-state index in [-0.39, 0.29) is 17.4 Å². The Morgan fingerprint density at radius 3 is 2.79 bits per heavy atom. The number of carbonyl (C=O) groups is 1. The summed E-state index contributed by atoms with van der Waals surface area (Å²) in [5.74, 6) is 0.00471. The Labute approximate surface area is 112 Å². The number of ether oxygens (including phenoxy) is 1. The monoisotopic (exact) mass is 287 g/mol. The topological polar surface area (TPSA) is 76.8 Å². The molecule has 1 atom stereocenters. The summed E-state index contributed by atoms with van der Waals surface area (Å²) in [5, 5.41) is -0.199. The van der Waals surface area contributed by atoms with E-state index in [1.807, 2.05) is 6.92 Å². The molecule has 19 heavy (non-hydrogen) atoms. The molecule has 1 aliphatic rings. The van der Waals surface area contributed by atoms with E-state index in [1.54, 1.807) is 7.11 Å². The quantitative estimate of drug-likeness (QED) is 0.780. The number of furan rings is 1. The van der Waals surface area contributed by atoms with Crippen molar-refractivity contribution < 1.29 is 22.4 Å². The molecule has 1 saturated heterocycles. The van der Waals surface area contributed by atoms with Gasteiger partial charge in [0.25, 0.3) is 10.0 Å². The van der Waals surface area contributed by atoms with Crippen LogP contribution in [0.2, 0.25) is 0 Å². The molecule has 106 valence electrons. The zero-order valence-electron chi connectivity index (χ0n) is 11.0. The van der Waals surface area contributed by atoms with Crippen LogP contribution in [-0.4, -0.2) is 44.8 Å². The molecule has 1 unspecified atom stereocenters. The van der Waals surface area contributed by atoms with Gasteiger partial charge in [0.2, 0.25) is 5.09 Å². The van der Waals surface area contributed by atoms with E-state index in [2.05, 4.69) is 0 Å². The van der Waals surface area contributed by atoms with Crippen molar-refractivity contribution in [2.45, 2.75) is 30.5 Å². The molecular weight excluding hydrogens is 270 g/mol. The molecule has 0 spiro atoms. The molecule has 0 amide bonds. The molecule has 1 aromatic rings. The third-order valence-corrected chi connectivity index (χ3v) is 5.15. The number of nitrogens with zero attached hydrogens (tertiary/aromatic N) is 1. The smallest absolute Gasteiger partial charge is 0.276 e. The van der Waals surface area contributed by atoms with Gasteiger partial charge in [0.1, 0.15) is 0 Å². The molecular formula is C12H17NO5S. The Kier molecular flexibility index (Phi) is 3.80. The van der Waals surface area contributed by atoms with Crippen molar-refractivity contribution in [1.82, 2.24) is 4.31 Å². The highest BCUT2D eigenvalue weighted by molar-refractivity contribution is 7.89. The number of aldehydes is 1. The lowest BCUT2D eigenvalue weighted by Gasteiger charge is -2.38. The lowest BCUT2D eigenvalue weighted by molar-refractivity contribution is -0.0321. The normalized spacial score (nSPS) is 25.4. The van der Waals surface area contributed by atoms with Crippen LogP contribution in [0.3, 0.4) is 0 Å². The molecule has 2 heterocycles. The Morgan fingerprint density at radius 1 is 1.47 bits per heavy atom. The van der Waals surface area contributed by atoms with Crippen molar-refractivity contribution >= 4 is 16.3 Å². The van der Waals surface area contributed by atoms with E-state index in [4.69, 9.17) is 9.15 Å². The van der Waals surface area contributed by atoms with Gasteiger partial charge >= 0.3 is 0 Å². The van der Waals surface area contributed by atoms with Gasteiger partial charge in [-0.05, 0) is 31.9 Å². The van der Waals surface area contributed by atoms with Crippen LogP contribution in [0.4, 0.5) is 0 Å². The third-order valence-electron chi connectivity index (χ3n) is 3.43. The van der Waals surface area contributed by atoms with Crippen LogP contribution in [0.1, 0.15) is 30.3 Å². The fourth-order valence-electron chi connectivity index (χ4n) is 2.20. The molecule has 0 aliphatic carbocycles. The molecule has 2 rings (SSSR count). The molecule has 1 aromatic heterocycles. The number of piperidine rings is 1. The van der Waals surface area contributed by atoms with E-state index in [0.29, 0.717) is 12.8 Å². The van der Waals surface area contributed by atoms with Crippen molar-refractivity contribution in [3.63, 3.8) is 0 Å². The van der Waals surface area contributed by atoms with Gasteiger partial charge in [0.15, 0.2) is 12.0 Å². The molecule has 7 heteroatoms. The van der Waals surface area contributed by atoms with Crippen LogP contribution in [-0.2, 0) is 14.8 Å². The number of rotatable bonds is 4. The third kappa shape index (κ3) is 2.72. The second-order valence-corrected chi connectivity index (χ2v) is 6.74. The first-order chi connectivity index (χ1) is 8.91. The molecule has 0 aromatic carbocycles. The zero-order valence-corrected chi connectivity index (χ0v) is 11.8. The van der Waals surface area contributed by atoms with Crippen molar-refractivity contribution in [2.75, 3.05) is 20.2 Å². The summed E-state index contributed by atoms with van der Waals surface area (Å²) >= 11 is 0. The summed E-state index contributed by atoms with van der Waals surface area (Å²) in [7, 11) is -2.13. The highest BCUT2D eigenvalue weighted by atomic mass is 32.2. The standard InChI is InChI=1S/C12H17NO5S/c1-12(17-2)6-3-7-13(9-12)19(15,16)11-5-4-10(8-14)18-11/h4-5,8H,3,6-7,9H2,1-2H3. The predicted molar refractivity (Wildman–Crippen MR) is 67.5 cm³/mol. The Bertz CT molecular complexity index is 564. The van der Waals surface area contributed by atoms with Crippen LogP contribution in [0, 0.1) is 0 Å². The maximum Gasteiger partial charge on any atom is 0.276 e. The van der Waals surface area contributed by atoms with E-state index >= 15 is 0 Å². The largest absolute Gasteiger partial charge is 0.440 e. The number of methoxy groups -OCH3 is 1. The van der Waals surface area contributed by atoms with Crippen molar-refractivity contribution in [3.05, 3.63) is 17.9 Å². The summed E-state index contributed by atoms with van der Waals surface area (Å²) in [5.41, 5.74) is -0.481. The SMILES string of the molecule is COC1(C)CCCN(S(=O)(=O)c2ccc(C=O)o2)C1. The van der Waals surface area contributed by atoms with E-state index in [9.17, 15) is 13.2 Å². The molecule has 0 radical (unpaired) electrons. The van der Waals surface area contributed by atoms with Crippen molar-refractivity contribution in [2.24, 2.45) is 0 Å². The molecule has 1 fully saturated rings. The maximum absolute atomic E-state index is 12.4. The van der Waals surface area contributed by atoms with Gasteiger partial charge in [-0.15, -0.1) is 0 Å². The van der Waals surface area contributed by atoms with Crippen LogP contribution >= 0.6 is 0 Å². The molecule has 1 aliphatic heterocycles. The summed E-state index contributed by atoms with van der Waals surface area (Å²) in [4.78, 5) is 10.6. The second-order valence-electron chi connectivity index (χ2n) is 4.87. The second kappa shape index (κ2) is 5.07. The van der Waals surface area contributed by atoms with Gasteiger partial charge in [0.05, 0.1) is 5.60 Å². The fraction of sp³-hybridized carbons (Fsp3) is 0.583. The van der Waals surface area contributed by atoms with Gasteiger partial charge in [-0.25, -0.2) is 8.42 Å². The first-order valence-electron chi connectivity index (χ1n) is 6.02. The summed E-state index contributed by atoms with van der Waals surface area (Å²) in [6.45, 7) is 2.59. The summed E-state index contributed by atoms with van der Waals surface area (Å²) in [6, 6.07) is 2.65. The number of sulfonamides is 1. The first-order valence-corrected chi connectivity index (χ1v) is 7.46. The maximum atomic E-state index is 12.4. The highest BCUT2D eigenvalue weighted by Gasteiger charge is 2.38. The number of hydrogen-bond donors (Lipinski definition) is 0. The molecule has 6 nitrogen and oxygen atoms in total. The van der Waals surface area contributed by atoms with Gasteiger partial charge in [-0.3, -0.25) is 4.79 Å². The Balaban J connectivity index is 2.26. The van der Waals surface area contributed by atoms with Gasteiger partial charge in [-0.2, -0.15) is 4.31 Å². The summed E-state index contributed by atoms with van der Waals surface area (Å²) in [6.07, 6.45) is 2.02. The first kappa shape index (κ1) is 14.2. The minimum Gasteiger partial charge on any atom is -0.440 e. The van der Waals surface area contributed by atoms with E-state index in [1.165, 1.54) is 16.4 Å². The lowest BCUT2D eigenvalue weighted by Crippen LogP contribution is -2.49. The van der Waals surface area contributed by atoms with Gasteiger partial charge in [-0.1, -0.05) is 0 Å². The molecule has 0 N–H and O–H groups in total. The lowest BCUT2D eigenvalue weighted by atomic mass is 9.96. The van der Waals surface area contributed by atoms with Crippen molar-refractivity contribution in [1.29, 1.82) is 0 Å². The highest BCUT2D eigenvalue weighted by Crippen LogP contribution is 2.28. The molecule has 0 saturated carbocycles. The molecule has 0 bridgehead atoms. The van der Waals surface area contributed by atoms with Crippen LogP contribution in [0.5, 0.6) is 0 Å². The minimum atomic E-state index is -3.70. The van der Waals surface area contributed by atoms with Gasteiger partial charge < -0.3 is 9.15 Å². The fourth-order valence-corrected chi connectivity index (χ4v) is 3.70. The van der Waals surface area contributed by atoms with Gasteiger partial charge in [0, 0.05) is 20.2 Å². The number of carbonyl (C=O) groups excluding carboxylic acids is 1. The average molecular weight is 287 g/mol. The Hall–Kier alpha value is -1.18. The minimum absolute atomic E-state index is 0.00471. The number of hydrogen-bond acceptors (Lipinski definition) is 5. The average Bonchev–Trinajstić information content (AvgIpc) is 2.88. The van der Waals surface area contributed by atoms with Crippen LogP contribution in [0.25, 0.3) is 0 Å². The predicted octanol–water partition coefficient (Wildman–Crippen LogP) is 1.28. The van der Waals surface area contributed by atoms with Crippen LogP contribution in [0.15, 0.2) is 21.6 Å². The van der Waals surface area contributed by atoms with Crippen LogP contribution < -0.4 is 0 Å². The van der Waals surface area contributed by atoms with Crippen molar-refractivity contribution in [3.8, 4) is 0 Å². The van der Waals surface area contributed by atoms with E-state index < -0.39 is 15.6 Å². The zero-order chi connectivity index (χ0) is 14.1. The Morgan fingerprint density at radius 2 is 2.21 bits per heavy atom. The summed E-state index contributed by atoms with van der Waals surface area (Å²) < 4.78 is 36.5. The van der Waals surface area contributed by atoms with E-state index in [0.717, 1.165) is 12.8 Å².